The van der Waals surface area contributed by atoms with E-state index in [2.05, 4.69) is 15.5 Å². The molecule has 1 atom stereocenters. The van der Waals surface area contributed by atoms with Gasteiger partial charge in [-0.2, -0.15) is 5.10 Å². The summed E-state index contributed by atoms with van der Waals surface area (Å²) in [7, 11) is 0. The lowest BCUT2D eigenvalue weighted by Gasteiger charge is -2.17. The predicted octanol–water partition coefficient (Wildman–Crippen LogP) is 1.75. The maximum Gasteiger partial charge on any atom is 0.245 e. The lowest BCUT2D eigenvalue weighted by atomic mass is 9.95. The monoisotopic (exact) mass is 352 g/mol. The van der Waals surface area contributed by atoms with Crippen molar-refractivity contribution in [1.29, 1.82) is 0 Å². The Morgan fingerprint density at radius 1 is 1.23 bits per heavy atom. The first-order valence-corrected chi connectivity index (χ1v) is 9.38. The van der Waals surface area contributed by atoms with Gasteiger partial charge >= 0.3 is 0 Å². The summed E-state index contributed by atoms with van der Waals surface area (Å²) in [5.74, 6) is -0.115. The van der Waals surface area contributed by atoms with Crippen LogP contribution >= 0.6 is 0 Å². The highest BCUT2D eigenvalue weighted by atomic mass is 16.2. The van der Waals surface area contributed by atoms with Crippen LogP contribution in [0.2, 0.25) is 0 Å². The van der Waals surface area contributed by atoms with Gasteiger partial charge in [-0.25, -0.2) is 0 Å². The number of carbonyl (C=O) groups is 2. The zero-order chi connectivity index (χ0) is 17.9. The van der Waals surface area contributed by atoms with E-state index in [1.165, 1.54) is 17.7 Å². The number of H-pyrrole nitrogens is 1. The smallest absolute Gasteiger partial charge is 0.245 e. The summed E-state index contributed by atoms with van der Waals surface area (Å²) >= 11 is 0. The number of amides is 2. The van der Waals surface area contributed by atoms with Gasteiger partial charge in [0.05, 0.1) is 12.1 Å². The molecule has 6 nitrogen and oxygen atoms in total. The van der Waals surface area contributed by atoms with Gasteiger partial charge in [-0.15, -0.1) is 0 Å². The first-order valence-electron chi connectivity index (χ1n) is 9.38. The number of nitrogens with one attached hydrogen (secondary N) is 2. The van der Waals surface area contributed by atoms with Gasteiger partial charge in [0.2, 0.25) is 11.8 Å². The van der Waals surface area contributed by atoms with E-state index in [0.29, 0.717) is 19.5 Å². The number of hydrogen-bond acceptors (Lipinski definition) is 3. The van der Waals surface area contributed by atoms with Crippen LogP contribution in [-0.4, -0.2) is 39.5 Å². The fourth-order valence-corrected chi connectivity index (χ4v) is 3.93. The van der Waals surface area contributed by atoms with Crippen molar-refractivity contribution in [3.8, 4) is 0 Å². The van der Waals surface area contributed by atoms with Crippen molar-refractivity contribution in [3.63, 3.8) is 0 Å². The molecule has 1 aromatic carbocycles. The molecule has 1 saturated heterocycles. The van der Waals surface area contributed by atoms with E-state index in [9.17, 15) is 9.59 Å². The number of nitrogens with zero attached hydrogens (tertiary/aromatic N) is 2. The molecule has 0 saturated carbocycles. The molecule has 2 aliphatic rings. The largest absolute Gasteiger partial charge is 0.344 e. The molecule has 1 aromatic heterocycles. The highest BCUT2D eigenvalue weighted by Crippen LogP contribution is 2.22. The fraction of sp³-hybridized carbons (Fsp3) is 0.450. The van der Waals surface area contributed by atoms with Gasteiger partial charge < -0.3 is 10.2 Å². The highest BCUT2D eigenvalue weighted by Gasteiger charge is 2.32. The Hall–Kier alpha value is -2.63. The maximum atomic E-state index is 12.6. The van der Waals surface area contributed by atoms with Gasteiger partial charge in [0, 0.05) is 18.8 Å². The molecule has 2 amide bonds. The molecular formula is C20H24N4O2. The van der Waals surface area contributed by atoms with Crippen LogP contribution in [0, 0.1) is 0 Å². The van der Waals surface area contributed by atoms with Crippen LogP contribution in [0.1, 0.15) is 41.8 Å². The van der Waals surface area contributed by atoms with E-state index in [0.717, 1.165) is 30.5 Å². The third-order valence-electron chi connectivity index (χ3n) is 5.32. The van der Waals surface area contributed by atoms with Crippen LogP contribution < -0.4 is 5.32 Å². The average molecular weight is 352 g/mol. The Kier molecular flexibility index (Phi) is 4.73. The summed E-state index contributed by atoms with van der Waals surface area (Å²) in [6.07, 6.45) is 5.23. The number of likely N-dealkylation sites (tertiary alicyclic amines) is 1. The summed E-state index contributed by atoms with van der Waals surface area (Å²) in [5, 5.41) is 10.3. The summed E-state index contributed by atoms with van der Waals surface area (Å²) in [5.41, 5.74) is 4.32. The molecule has 2 N–H and O–H groups in total. The molecule has 26 heavy (non-hydrogen) atoms. The van der Waals surface area contributed by atoms with E-state index in [1.807, 2.05) is 35.2 Å². The summed E-state index contributed by atoms with van der Waals surface area (Å²) in [6, 6.07) is 9.52. The van der Waals surface area contributed by atoms with Crippen LogP contribution in [0.3, 0.4) is 0 Å². The highest BCUT2D eigenvalue weighted by molar-refractivity contribution is 5.89. The topological polar surface area (TPSA) is 78.1 Å². The van der Waals surface area contributed by atoms with Gasteiger partial charge in [-0.05, 0) is 43.2 Å². The molecule has 0 bridgehead atoms. The number of aryl methyl sites for hydroxylation is 1. The van der Waals surface area contributed by atoms with E-state index in [4.69, 9.17) is 0 Å². The maximum absolute atomic E-state index is 12.6. The van der Waals surface area contributed by atoms with Gasteiger partial charge in [0.15, 0.2) is 0 Å². The number of carbonyl (C=O) groups excluding carboxylic acids is 2. The second-order valence-electron chi connectivity index (χ2n) is 7.17. The van der Waals surface area contributed by atoms with Gasteiger partial charge in [0.25, 0.3) is 0 Å². The lowest BCUT2D eigenvalue weighted by Crippen LogP contribution is -2.42. The van der Waals surface area contributed by atoms with E-state index >= 15 is 0 Å². The van der Waals surface area contributed by atoms with Crippen LogP contribution in [0.25, 0.3) is 0 Å². The molecule has 1 aliphatic carbocycles. The number of aromatic amines is 1. The molecule has 2 aromatic rings. The minimum atomic E-state index is -0.416. The lowest BCUT2D eigenvalue weighted by molar-refractivity contribution is -0.132. The molecule has 4 rings (SSSR count). The van der Waals surface area contributed by atoms with Crippen molar-refractivity contribution in [1.82, 2.24) is 20.4 Å². The number of fused-ring (bicyclic) bond motifs is 1. The van der Waals surface area contributed by atoms with Crippen LogP contribution in [0.4, 0.5) is 0 Å². The minimum absolute atomic E-state index is 0.00580. The van der Waals surface area contributed by atoms with Crippen LogP contribution in [-0.2, 0) is 35.4 Å². The van der Waals surface area contributed by atoms with Crippen molar-refractivity contribution in [3.05, 3.63) is 52.8 Å². The number of hydrogen-bond donors (Lipinski definition) is 2. The molecule has 136 valence electrons. The summed E-state index contributed by atoms with van der Waals surface area (Å²) < 4.78 is 0. The van der Waals surface area contributed by atoms with Crippen molar-refractivity contribution in [2.75, 3.05) is 6.54 Å². The molecule has 2 heterocycles. The van der Waals surface area contributed by atoms with Crippen molar-refractivity contribution < 1.29 is 9.59 Å². The molecule has 1 aliphatic heterocycles. The van der Waals surface area contributed by atoms with E-state index in [1.54, 1.807) is 0 Å². The summed E-state index contributed by atoms with van der Waals surface area (Å²) in [4.78, 5) is 26.8. The zero-order valence-electron chi connectivity index (χ0n) is 14.8. The molecule has 6 heteroatoms. The molecule has 1 unspecified atom stereocenters. The Morgan fingerprint density at radius 3 is 2.88 bits per heavy atom. The normalized spacial score (nSPS) is 19.5. The van der Waals surface area contributed by atoms with E-state index in [-0.39, 0.29) is 18.2 Å². The van der Waals surface area contributed by atoms with Crippen molar-refractivity contribution in [2.24, 2.45) is 0 Å². The Morgan fingerprint density at radius 2 is 2.04 bits per heavy atom. The minimum Gasteiger partial charge on any atom is -0.344 e. The third-order valence-corrected chi connectivity index (χ3v) is 5.32. The Balaban J connectivity index is 1.33. The fourth-order valence-electron chi connectivity index (χ4n) is 3.93. The van der Waals surface area contributed by atoms with Crippen molar-refractivity contribution in [2.45, 2.75) is 51.1 Å². The van der Waals surface area contributed by atoms with Gasteiger partial charge in [0.1, 0.15) is 6.04 Å². The summed E-state index contributed by atoms with van der Waals surface area (Å²) in [6.45, 7) is 1.27. The van der Waals surface area contributed by atoms with E-state index < -0.39 is 6.04 Å². The SMILES string of the molecule is O=C(Cc1n[nH]c2c1CCCC2)NC1CCN(Cc2ccccc2)C1=O. The number of aromatic nitrogens is 2. The standard InChI is InChI=1S/C20H24N4O2/c25-19(12-18-15-8-4-5-9-16(15)22-23-18)21-17-10-11-24(20(17)26)13-14-6-2-1-3-7-14/h1-3,6-7,17H,4-5,8-13H2,(H,21,25)(H,22,23). The quantitative estimate of drug-likeness (QED) is 0.860. The third kappa shape index (κ3) is 3.49. The number of benzene rings is 1. The molecule has 1 fully saturated rings. The molecular weight excluding hydrogens is 328 g/mol. The molecule has 0 radical (unpaired) electrons. The average Bonchev–Trinajstić information content (AvgIpc) is 3.21. The zero-order valence-corrected chi connectivity index (χ0v) is 14.8. The second kappa shape index (κ2) is 7.32. The van der Waals surface area contributed by atoms with Crippen molar-refractivity contribution >= 4 is 11.8 Å². The van der Waals surface area contributed by atoms with Crippen LogP contribution in [0.5, 0.6) is 0 Å². The second-order valence-corrected chi connectivity index (χ2v) is 7.17. The first kappa shape index (κ1) is 16.8. The number of rotatable bonds is 5. The predicted molar refractivity (Wildman–Crippen MR) is 97.3 cm³/mol. The Labute approximate surface area is 153 Å². The molecule has 0 spiro atoms. The van der Waals surface area contributed by atoms with Gasteiger partial charge in [-0.1, -0.05) is 30.3 Å². The van der Waals surface area contributed by atoms with Crippen LogP contribution in [0.15, 0.2) is 30.3 Å². The van der Waals surface area contributed by atoms with Gasteiger partial charge in [-0.3, -0.25) is 14.7 Å². The Bertz CT molecular complexity index is 799. The first-order chi connectivity index (χ1) is 12.7.